The first-order valence-corrected chi connectivity index (χ1v) is 8.57. The van der Waals surface area contributed by atoms with E-state index in [1.54, 1.807) is 0 Å². The summed E-state index contributed by atoms with van der Waals surface area (Å²) in [7, 11) is -3.67. The van der Waals surface area contributed by atoms with E-state index >= 15 is 0 Å². The third-order valence-electron chi connectivity index (χ3n) is 3.49. The molecule has 2 aromatic rings. The Labute approximate surface area is 133 Å². The van der Waals surface area contributed by atoms with Crippen LogP contribution in [0.15, 0.2) is 41.3 Å². The predicted octanol–water partition coefficient (Wildman–Crippen LogP) is 3.14. The zero-order valence-corrected chi connectivity index (χ0v) is 13.3. The van der Waals surface area contributed by atoms with Crippen LogP contribution in [0.4, 0.5) is 0 Å². The molecule has 0 atom stereocenters. The van der Waals surface area contributed by atoms with Gasteiger partial charge in [-0.3, -0.25) is 0 Å². The third-order valence-corrected chi connectivity index (χ3v) is 5.98. The normalized spacial score (nSPS) is 15.7. The summed E-state index contributed by atoms with van der Waals surface area (Å²) in [6.07, 6.45) is 0.689. The number of sulfonamides is 1. The highest BCUT2D eigenvalue weighted by atomic mass is 35.5. The van der Waals surface area contributed by atoms with Crippen molar-refractivity contribution in [2.24, 2.45) is 0 Å². The van der Waals surface area contributed by atoms with Crippen molar-refractivity contribution in [3.8, 4) is 0 Å². The van der Waals surface area contributed by atoms with Crippen LogP contribution < -0.4 is 0 Å². The Morgan fingerprint density at radius 2 is 1.76 bits per heavy atom. The largest absolute Gasteiger partial charge is 0.246 e. The van der Waals surface area contributed by atoms with Crippen molar-refractivity contribution in [3.05, 3.63) is 57.8 Å². The van der Waals surface area contributed by atoms with Crippen molar-refractivity contribution in [1.82, 2.24) is 9.29 Å². The minimum absolute atomic E-state index is 0.00653. The second-order valence-corrected chi connectivity index (χ2v) is 7.43. The number of nitrogens with zero attached hydrogens (tertiary/aromatic N) is 2. The molecule has 0 amide bonds. The van der Waals surface area contributed by atoms with E-state index in [9.17, 15) is 8.42 Å². The lowest BCUT2D eigenvalue weighted by Gasteiger charge is -2.28. The Morgan fingerprint density at radius 1 is 1.05 bits per heavy atom. The van der Waals surface area contributed by atoms with Crippen LogP contribution in [0.2, 0.25) is 10.3 Å². The molecular formula is C14H12Cl2N2O2S. The zero-order valence-electron chi connectivity index (χ0n) is 11.0. The van der Waals surface area contributed by atoms with E-state index in [0.717, 1.165) is 5.56 Å². The molecular weight excluding hydrogens is 331 g/mol. The van der Waals surface area contributed by atoms with E-state index in [1.165, 1.54) is 22.0 Å². The second kappa shape index (κ2) is 5.57. The van der Waals surface area contributed by atoms with Gasteiger partial charge in [0.15, 0.2) is 5.15 Å². The molecule has 110 valence electrons. The molecule has 7 heteroatoms. The third kappa shape index (κ3) is 2.79. The summed E-state index contributed by atoms with van der Waals surface area (Å²) in [5, 5.41) is 0.0734. The second-order valence-electron chi connectivity index (χ2n) is 4.78. The molecule has 0 aliphatic carbocycles. The monoisotopic (exact) mass is 342 g/mol. The van der Waals surface area contributed by atoms with Gasteiger partial charge in [-0.25, -0.2) is 13.4 Å². The number of hydrogen-bond acceptors (Lipinski definition) is 3. The maximum atomic E-state index is 12.7. The SMILES string of the molecule is O=S(=O)(c1ccc(Cl)nc1Cl)N1CCc2ccccc2C1. The number of halogens is 2. The number of fused-ring (bicyclic) bond motifs is 1. The molecule has 1 aliphatic rings. The molecule has 0 saturated heterocycles. The van der Waals surface area contributed by atoms with Gasteiger partial charge in [0.1, 0.15) is 10.0 Å². The maximum absolute atomic E-state index is 12.7. The standard InChI is InChI=1S/C14H12Cl2N2O2S/c15-13-6-5-12(14(16)17-13)21(19,20)18-8-7-10-3-1-2-4-11(10)9-18/h1-6H,7-9H2. The molecule has 4 nitrogen and oxygen atoms in total. The zero-order chi connectivity index (χ0) is 15.0. The van der Waals surface area contributed by atoms with Crippen molar-refractivity contribution in [2.45, 2.75) is 17.9 Å². The van der Waals surface area contributed by atoms with Crippen molar-refractivity contribution in [3.63, 3.8) is 0 Å². The summed E-state index contributed by atoms with van der Waals surface area (Å²) in [4.78, 5) is 3.80. The minimum Gasteiger partial charge on any atom is -0.223 e. The summed E-state index contributed by atoms with van der Waals surface area (Å²) in [6.45, 7) is 0.774. The summed E-state index contributed by atoms with van der Waals surface area (Å²) in [6, 6.07) is 10.7. The van der Waals surface area contributed by atoms with Gasteiger partial charge in [-0.1, -0.05) is 47.5 Å². The van der Waals surface area contributed by atoms with Crippen LogP contribution >= 0.6 is 23.2 Å². The summed E-state index contributed by atoms with van der Waals surface area (Å²) in [5.41, 5.74) is 2.20. The highest BCUT2D eigenvalue weighted by molar-refractivity contribution is 7.89. The Morgan fingerprint density at radius 3 is 2.48 bits per heavy atom. The first-order chi connectivity index (χ1) is 9.98. The highest BCUT2D eigenvalue weighted by Gasteiger charge is 2.30. The Kier molecular flexibility index (Phi) is 3.92. The molecule has 0 unspecified atom stereocenters. The number of rotatable bonds is 2. The minimum atomic E-state index is -3.67. The lowest BCUT2D eigenvalue weighted by atomic mass is 10.0. The molecule has 0 radical (unpaired) electrons. The molecule has 3 rings (SSSR count). The van der Waals surface area contributed by atoms with Gasteiger partial charge in [-0.2, -0.15) is 4.31 Å². The van der Waals surface area contributed by atoms with Crippen LogP contribution in [-0.4, -0.2) is 24.3 Å². The Bertz CT molecular complexity index is 793. The fraction of sp³-hybridized carbons (Fsp3) is 0.214. The van der Waals surface area contributed by atoms with Gasteiger partial charge in [0.05, 0.1) is 0 Å². The first kappa shape index (κ1) is 14.8. The van der Waals surface area contributed by atoms with Gasteiger partial charge in [0.25, 0.3) is 0 Å². The van der Waals surface area contributed by atoms with E-state index in [1.807, 2.05) is 24.3 Å². The average Bonchev–Trinajstić information content (AvgIpc) is 2.46. The number of hydrogen-bond donors (Lipinski definition) is 0. The Balaban J connectivity index is 1.97. The van der Waals surface area contributed by atoms with Crippen molar-refractivity contribution < 1.29 is 8.42 Å². The van der Waals surface area contributed by atoms with Crippen molar-refractivity contribution in [2.75, 3.05) is 6.54 Å². The average molecular weight is 343 g/mol. The van der Waals surface area contributed by atoms with Gasteiger partial charge in [0.2, 0.25) is 10.0 Å². The van der Waals surface area contributed by atoms with Gasteiger partial charge in [-0.05, 0) is 29.7 Å². The van der Waals surface area contributed by atoms with E-state index in [2.05, 4.69) is 4.98 Å². The fourth-order valence-corrected chi connectivity index (χ4v) is 4.46. The summed E-state index contributed by atoms with van der Waals surface area (Å²) >= 11 is 11.6. The van der Waals surface area contributed by atoms with Crippen LogP contribution in [-0.2, 0) is 23.0 Å². The molecule has 21 heavy (non-hydrogen) atoms. The molecule has 1 aromatic carbocycles. The van der Waals surface area contributed by atoms with Gasteiger partial charge >= 0.3 is 0 Å². The van der Waals surface area contributed by atoms with Crippen LogP contribution in [0.1, 0.15) is 11.1 Å². The maximum Gasteiger partial charge on any atom is 0.246 e. The highest BCUT2D eigenvalue weighted by Crippen LogP contribution is 2.28. The van der Waals surface area contributed by atoms with Crippen molar-refractivity contribution in [1.29, 1.82) is 0 Å². The van der Waals surface area contributed by atoms with E-state index in [0.29, 0.717) is 19.5 Å². The molecule has 1 aliphatic heterocycles. The lowest BCUT2D eigenvalue weighted by Crippen LogP contribution is -2.36. The van der Waals surface area contributed by atoms with Crippen LogP contribution in [0.5, 0.6) is 0 Å². The van der Waals surface area contributed by atoms with Gasteiger partial charge in [-0.15, -0.1) is 0 Å². The van der Waals surface area contributed by atoms with Crippen LogP contribution in [0, 0.1) is 0 Å². The predicted molar refractivity (Wildman–Crippen MR) is 82.0 cm³/mol. The van der Waals surface area contributed by atoms with Crippen molar-refractivity contribution >= 4 is 33.2 Å². The number of aromatic nitrogens is 1. The Hall–Kier alpha value is -1.14. The fourth-order valence-electron chi connectivity index (χ4n) is 2.41. The first-order valence-electron chi connectivity index (χ1n) is 6.37. The van der Waals surface area contributed by atoms with Crippen LogP contribution in [0.3, 0.4) is 0 Å². The number of pyridine rings is 1. The molecule has 0 spiro atoms. The molecule has 0 N–H and O–H groups in total. The van der Waals surface area contributed by atoms with E-state index in [4.69, 9.17) is 23.2 Å². The quantitative estimate of drug-likeness (QED) is 0.787. The summed E-state index contributed by atoms with van der Waals surface area (Å²) < 4.78 is 26.8. The van der Waals surface area contributed by atoms with Gasteiger partial charge < -0.3 is 0 Å². The molecule has 0 saturated carbocycles. The molecule has 2 heterocycles. The topological polar surface area (TPSA) is 50.3 Å². The smallest absolute Gasteiger partial charge is 0.223 e. The van der Waals surface area contributed by atoms with E-state index < -0.39 is 10.0 Å². The lowest BCUT2D eigenvalue weighted by molar-refractivity contribution is 0.391. The number of benzene rings is 1. The molecule has 0 bridgehead atoms. The van der Waals surface area contributed by atoms with Gasteiger partial charge in [0, 0.05) is 13.1 Å². The molecule has 0 fully saturated rings. The molecule has 1 aromatic heterocycles. The van der Waals surface area contributed by atoms with Crippen LogP contribution in [0.25, 0.3) is 0 Å². The van der Waals surface area contributed by atoms with E-state index in [-0.39, 0.29) is 15.2 Å². The summed E-state index contributed by atoms with van der Waals surface area (Å²) in [5.74, 6) is 0.